The summed E-state index contributed by atoms with van der Waals surface area (Å²) in [4.78, 5) is 46.8. The molecule has 234 valence electrons. The van der Waals surface area contributed by atoms with Crippen molar-refractivity contribution in [3.8, 4) is 6.07 Å². The number of ether oxygens (including phenoxy) is 1. The number of aromatic nitrogens is 1. The molecule has 3 unspecified atom stereocenters. The van der Waals surface area contributed by atoms with E-state index in [0.717, 1.165) is 17.0 Å². The Hall–Kier alpha value is -4.90. The topological polar surface area (TPSA) is 124 Å². The molecule has 2 amide bonds. The van der Waals surface area contributed by atoms with Gasteiger partial charge in [-0.05, 0) is 43.2 Å². The van der Waals surface area contributed by atoms with Crippen LogP contribution in [0.3, 0.4) is 0 Å². The molecule has 0 spiro atoms. The number of carbonyl (C=O) groups is 3. The number of nitriles is 1. The summed E-state index contributed by atoms with van der Waals surface area (Å²) in [5, 5.41) is 19.8. The Balaban J connectivity index is 1.63. The summed E-state index contributed by atoms with van der Waals surface area (Å²) in [6.07, 6.45) is -3.80. The Bertz CT molecular complexity index is 1650. The zero-order chi connectivity index (χ0) is 32.5. The second-order valence-corrected chi connectivity index (χ2v) is 10.7. The van der Waals surface area contributed by atoms with E-state index in [9.17, 15) is 42.3 Å². The van der Waals surface area contributed by atoms with Gasteiger partial charge >= 0.3 is 5.97 Å². The van der Waals surface area contributed by atoms with Crippen LogP contribution in [-0.2, 0) is 19.1 Å². The first kappa shape index (κ1) is 31.5. The van der Waals surface area contributed by atoms with Crippen molar-refractivity contribution >= 4 is 29.3 Å². The summed E-state index contributed by atoms with van der Waals surface area (Å²) in [5.41, 5.74) is -0.969. The molecule has 2 aliphatic rings. The largest absolute Gasteiger partial charge is 0.461 e. The van der Waals surface area contributed by atoms with E-state index >= 15 is 4.39 Å². The highest BCUT2D eigenvalue weighted by Gasteiger charge is 2.49. The number of hydrogen-bond donors (Lipinski definition) is 1. The van der Waals surface area contributed by atoms with Gasteiger partial charge in [0.1, 0.15) is 41.5 Å². The van der Waals surface area contributed by atoms with Gasteiger partial charge < -0.3 is 9.84 Å². The van der Waals surface area contributed by atoms with Crippen molar-refractivity contribution in [1.82, 2.24) is 4.98 Å². The number of alkyl halides is 2. The molecule has 2 fully saturated rings. The summed E-state index contributed by atoms with van der Waals surface area (Å²) in [6, 6.07) is 7.27. The van der Waals surface area contributed by atoms with Crippen LogP contribution in [-0.4, -0.2) is 52.0 Å². The summed E-state index contributed by atoms with van der Waals surface area (Å²) >= 11 is 0. The van der Waals surface area contributed by atoms with E-state index in [0.29, 0.717) is 23.1 Å². The maximum atomic E-state index is 15.4. The average molecular weight is 629 g/mol. The van der Waals surface area contributed by atoms with Crippen molar-refractivity contribution in [3.63, 3.8) is 0 Å². The highest BCUT2D eigenvalue weighted by Crippen LogP contribution is 2.38. The number of hydrogen-bond acceptors (Lipinski definition) is 7. The van der Waals surface area contributed by atoms with E-state index in [1.54, 1.807) is 0 Å². The van der Waals surface area contributed by atoms with E-state index in [1.807, 2.05) is 6.07 Å². The number of pyridine rings is 1. The van der Waals surface area contributed by atoms with Gasteiger partial charge in [-0.15, -0.1) is 0 Å². The number of aliphatic hydroxyl groups excluding tert-OH is 1. The van der Waals surface area contributed by atoms with Gasteiger partial charge in [0.2, 0.25) is 5.92 Å². The molecule has 14 heteroatoms. The smallest absolute Gasteiger partial charge is 0.334 e. The van der Waals surface area contributed by atoms with Crippen LogP contribution in [0.15, 0.2) is 60.8 Å². The van der Waals surface area contributed by atoms with Crippen molar-refractivity contribution in [2.45, 2.75) is 62.3 Å². The quantitative estimate of drug-likeness (QED) is 0.296. The minimum absolute atomic E-state index is 0.0512. The van der Waals surface area contributed by atoms with Gasteiger partial charge in [0, 0.05) is 37.1 Å². The van der Waals surface area contributed by atoms with E-state index in [-0.39, 0.29) is 24.2 Å². The molecule has 45 heavy (non-hydrogen) atoms. The van der Waals surface area contributed by atoms with Gasteiger partial charge in [0.05, 0.1) is 17.3 Å². The maximum Gasteiger partial charge on any atom is 0.334 e. The first-order chi connectivity index (χ1) is 21.4. The average Bonchev–Trinajstić information content (AvgIpc) is 3.30. The van der Waals surface area contributed by atoms with Gasteiger partial charge in [-0.1, -0.05) is 18.2 Å². The summed E-state index contributed by atoms with van der Waals surface area (Å²) in [5.74, 6) is -9.98. The third kappa shape index (κ3) is 6.63. The number of benzene rings is 2. The van der Waals surface area contributed by atoms with Crippen LogP contribution in [0, 0.1) is 28.8 Å². The van der Waals surface area contributed by atoms with E-state index < -0.39 is 96.0 Å². The number of halogens is 5. The van der Waals surface area contributed by atoms with E-state index in [4.69, 9.17) is 4.74 Å². The second-order valence-electron chi connectivity index (χ2n) is 10.7. The van der Waals surface area contributed by atoms with Crippen molar-refractivity contribution in [1.29, 1.82) is 5.26 Å². The number of nitrogens with zero attached hydrogens (tertiary/aromatic N) is 4. The lowest BCUT2D eigenvalue weighted by atomic mass is 9.94. The van der Waals surface area contributed by atoms with E-state index in [2.05, 4.69) is 4.98 Å². The van der Waals surface area contributed by atoms with Crippen molar-refractivity contribution in [2.24, 2.45) is 0 Å². The zero-order valence-corrected chi connectivity index (χ0v) is 23.4. The first-order valence-corrected chi connectivity index (χ1v) is 13.9. The molecule has 0 bridgehead atoms. The molecule has 1 aromatic heterocycles. The molecule has 0 radical (unpaired) electrons. The lowest BCUT2D eigenvalue weighted by Gasteiger charge is -2.36. The van der Waals surface area contributed by atoms with Crippen molar-refractivity contribution in [2.75, 3.05) is 9.80 Å². The minimum Gasteiger partial charge on any atom is -0.461 e. The van der Waals surface area contributed by atoms with Gasteiger partial charge in [-0.3, -0.25) is 19.4 Å². The second kappa shape index (κ2) is 12.6. The Morgan fingerprint density at radius 3 is 2.38 bits per heavy atom. The van der Waals surface area contributed by atoms with Crippen LogP contribution in [0.4, 0.5) is 33.5 Å². The van der Waals surface area contributed by atoms with Gasteiger partial charge in [-0.25, -0.2) is 31.7 Å². The number of carbonyl (C=O) groups excluding carboxylic acids is 3. The molecule has 1 aliphatic heterocycles. The lowest BCUT2D eigenvalue weighted by molar-refractivity contribution is -0.158. The third-order valence-corrected chi connectivity index (χ3v) is 7.68. The highest BCUT2D eigenvalue weighted by molar-refractivity contribution is 6.11. The zero-order valence-electron chi connectivity index (χ0n) is 23.4. The maximum absolute atomic E-state index is 15.4. The Morgan fingerprint density at radius 1 is 1.07 bits per heavy atom. The Morgan fingerprint density at radius 2 is 1.73 bits per heavy atom. The van der Waals surface area contributed by atoms with Gasteiger partial charge in [-0.2, -0.15) is 5.26 Å². The molecule has 1 saturated carbocycles. The first-order valence-electron chi connectivity index (χ1n) is 13.9. The monoisotopic (exact) mass is 628 g/mol. The number of rotatable bonds is 7. The van der Waals surface area contributed by atoms with Crippen LogP contribution in [0.25, 0.3) is 0 Å². The summed E-state index contributed by atoms with van der Waals surface area (Å²) in [6.45, 7) is 0. The number of esters is 1. The Labute approximate surface area is 253 Å². The third-order valence-electron chi connectivity index (χ3n) is 7.68. The van der Waals surface area contributed by atoms with Crippen LogP contribution < -0.4 is 9.80 Å². The van der Waals surface area contributed by atoms with Crippen molar-refractivity contribution in [3.05, 3.63) is 89.4 Å². The normalized spacial score (nSPS) is 20.4. The fourth-order valence-electron chi connectivity index (χ4n) is 5.51. The molecule has 3 atom stereocenters. The molecule has 9 nitrogen and oxygen atoms in total. The van der Waals surface area contributed by atoms with Crippen LogP contribution in [0.5, 0.6) is 0 Å². The predicted molar refractivity (Wildman–Crippen MR) is 147 cm³/mol. The molecule has 2 aromatic carbocycles. The highest BCUT2D eigenvalue weighted by atomic mass is 19.3. The van der Waals surface area contributed by atoms with Crippen LogP contribution in [0.2, 0.25) is 0 Å². The molecule has 2 heterocycles. The molecular weight excluding hydrogens is 603 g/mol. The minimum atomic E-state index is -2.97. The number of aliphatic hydroxyl groups is 1. The van der Waals surface area contributed by atoms with Crippen molar-refractivity contribution < 1.29 is 46.2 Å². The SMILES string of the molecule is N#Cc1ccnc(N2C(=O)C(O)CC2C(=O)N(c2cc(F)cc(F)c2)C(C(=O)OC2CCC(F)(F)CC2)c2ccccc2F)c1. The molecule has 5 rings (SSSR count). The molecule has 1 aliphatic carbocycles. The number of anilines is 2. The van der Waals surface area contributed by atoms with Crippen LogP contribution >= 0.6 is 0 Å². The summed E-state index contributed by atoms with van der Waals surface area (Å²) in [7, 11) is 0. The fourth-order valence-corrected chi connectivity index (χ4v) is 5.51. The Kier molecular flexibility index (Phi) is 8.83. The van der Waals surface area contributed by atoms with Gasteiger partial charge in [0.25, 0.3) is 11.8 Å². The molecule has 1 saturated heterocycles. The molecular formula is C31H25F5N4O5. The summed E-state index contributed by atoms with van der Waals surface area (Å²) < 4.78 is 77.6. The molecule has 3 aromatic rings. The van der Waals surface area contributed by atoms with Crippen LogP contribution in [0.1, 0.15) is 49.3 Å². The fraction of sp³-hybridized carbons (Fsp3) is 0.323. The van der Waals surface area contributed by atoms with Gasteiger partial charge in [0.15, 0.2) is 6.04 Å². The molecule has 1 N–H and O–H groups in total. The predicted octanol–water partition coefficient (Wildman–Crippen LogP) is 4.73. The standard InChI is InChI=1S/C31H25F5N4O5/c32-18-12-19(33)14-20(13-18)39(28(42)24-15-25(41)29(43)40(24)26-11-17(16-37)7-10-38-26)27(22-3-1-2-4-23(22)34)30(44)45-21-5-8-31(35,36)9-6-21/h1-4,7,10-14,21,24-25,27,41H,5-6,8-9,15H2. The van der Waals surface area contributed by atoms with E-state index in [1.165, 1.54) is 30.5 Å². The lowest BCUT2D eigenvalue weighted by Crippen LogP contribution is -2.51. The number of amides is 2.